The number of ether oxygens (including phenoxy) is 1. The van der Waals surface area contributed by atoms with Crippen LogP contribution in [0.4, 0.5) is 0 Å². The van der Waals surface area contributed by atoms with Crippen molar-refractivity contribution < 1.29 is 4.74 Å². The molecular weight excluding hydrogens is 356 g/mol. The Balaban J connectivity index is 2.77. The minimum Gasteiger partial charge on any atom is -0.457 e. The van der Waals surface area contributed by atoms with Crippen LogP contribution in [0.1, 0.15) is 92.2 Å². The molecule has 0 saturated heterocycles. The molecule has 0 N–H and O–H groups in total. The van der Waals surface area contributed by atoms with Gasteiger partial charge in [-0.25, -0.2) is 0 Å². The Morgan fingerprint density at radius 2 is 1.39 bits per heavy atom. The highest BCUT2D eigenvalue weighted by Crippen LogP contribution is 2.47. The third kappa shape index (κ3) is 4.32. The molecule has 28 heavy (non-hydrogen) atoms. The molecular formula is C26H42OSi. The maximum Gasteiger partial charge on any atom is 0.135 e. The molecule has 2 rings (SSSR count). The fraction of sp³-hybridized carbons (Fsp3) is 0.615. The topological polar surface area (TPSA) is 9.23 Å². The average Bonchev–Trinajstić information content (AvgIpc) is 2.61. The molecule has 2 heteroatoms. The van der Waals surface area contributed by atoms with E-state index < -0.39 is 8.07 Å². The number of rotatable bonds is 8. The van der Waals surface area contributed by atoms with Gasteiger partial charge in [-0.05, 0) is 59.2 Å². The number of fused-ring (bicyclic) bond motifs is 1. The molecule has 0 aromatic heterocycles. The van der Waals surface area contributed by atoms with Crippen molar-refractivity contribution in [1.29, 1.82) is 0 Å². The van der Waals surface area contributed by atoms with Gasteiger partial charge in [-0.2, -0.15) is 0 Å². The zero-order valence-electron chi connectivity index (χ0n) is 19.8. The number of benzene rings is 1. The largest absolute Gasteiger partial charge is 0.457 e. The molecule has 1 aliphatic heterocycles. The molecule has 0 radical (unpaired) electrons. The van der Waals surface area contributed by atoms with Crippen molar-refractivity contribution in [1.82, 2.24) is 0 Å². The van der Waals surface area contributed by atoms with Gasteiger partial charge in [0.2, 0.25) is 0 Å². The number of hydrogen-bond acceptors (Lipinski definition) is 1. The van der Waals surface area contributed by atoms with Crippen LogP contribution in [0, 0.1) is 6.92 Å². The smallest absolute Gasteiger partial charge is 0.135 e. The van der Waals surface area contributed by atoms with Crippen LogP contribution in [0.25, 0.3) is 5.57 Å². The van der Waals surface area contributed by atoms with Crippen molar-refractivity contribution in [3.05, 3.63) is 46.4 Å². The van der Waals surface area contributed by atoms with Crippen LogP contribution in [-0.2, 0) is 0 Å². The van der Waals surface area contributed by atoms with Crippen LogP contribution in [0.3, 0.4) is 0 Å². The van der Waals surface area contributed by atoms with Gasteiger partial charge in [0.05, 0.1) is 8.07 Å². The Morgan fingerprint density at radius 3 is 1.89 bits per heavy atom. The Morgan fingerprint density at radius 1 is 0.857 bits per heavy atom. The lowest BCUT2D eigenvalue weighted by molar-refractivity contribution is 0.423. The van der Waals surface area contributed by atoms with Gasteiger partial charge in [-0.1, -0.05) is 86.1 Å². The first-order valence-electron chi connectivity index (χ1n) is 11.4. The Labute approximate surface area is 175 Å². The molecule has 1 heterocycles. The van der Waals surface area contributed by atoms with E-state index in [1.165, 1.54) is 34.5 Å². The van der Waals surface area contributed by atoms with Crippen LogP contribution in [0.5, 0.6) is 5.75 Å². The van der Waals surface area contributed by atoms with Gasteiger partial charge in [0.15, 0.2) is 0 Å². The maximum atomic E-state index is 6.70. The van der Waals surface area contributed by atoms with Crippen molar-refractivity contribution in [3.8, 4) is 5.75 Å². The predicted octanol–water partition coefficient (Wildman–Crippen LogP) is 8.84. The van der Waals surface area contributed by atoms with E-state index in [-0.39, 0.29) is 0 Å². The summed E-state index contributed by atoms with van der Waals surface area (Å²) in [6.07, 6.45) is 4.56. The normalized spacial score (nSPS) is 16.4. The van der Waals surface area contributed by atoms with Crippen molar-refractivity contribution >= 4 is 13.6 Å². The van der Waals surface area contributed by atoms with Crippen molar-refractivity contribution in [3.63, 3.8) is 0 Å². The molecule has 0 atom stereocenters. The Bertz CT molecular complexity index is 715. The predicted molar refractivity (Wildman–Crippen MR) is 128 cm³/mol. The summed E-state index contributed by atoms with van der Waals surface area (Å²) in [5.41, 5.74) is 10.3. The van der Waals surface area contributed by atoms with Gasteiger partial charge in [0.1, 0.15) is 11.5 Å². The number of aryl methyl sites for hydroxylation is 1. The molecule has 1 aliphatic rings. The first kappa shape index (κ1) is 23.0. The van der Waals surface area contributed by atoms with E-state index in [2.05, 4.69) is 86.2 Å². The van der Waals surface area contributed by atoms with E-state index in [9.17, 15) is 0 Å². The van der Waals surface area contributed by atoms with Gasteiger partial charge in [-0.3, -0.25) is 0 Å². The minimum atomic E-state index is -1.69. The van der Waals surface area contributed by atoms with Crippen LogP contribution in [-0.4, -0.2) is 8.07 Å². The third-order valence-electron chi connectivity index (χ3n) is 6.72. The standard InChI is InChI=1S/C26H42OSi/c1-10-12-22-23(13-11-2)26(27-25-16-21(9)14-15-24(22)25)17-28(18(3)4,19(5)6)20(7)8/h14-20H,10-13H2,1-9H3/b26-17-. The number of allylic oxidation sites excluding steroid dienone is 2. The zero-order chi connectivity index (χ0) is 21.1. The fourth-order valence-electron chi connectivity index (χ4n) is 5.36. The van der Waals surface area contributed by atoms with Crippen LogP contribution < -0.4 is 4.74 Å². The second-order valence-corrected chi connectivity index (χ2v) is 15.3. The molecule has 1 aromatic carbocycles. The lowest BCUT2D eigenvalue weighted by Crippen LogP contribution is -2.43. The SMILES string of the molecule is CCCC1=C(CCC)c2ccc(C)cc2O/C1=C\[Si](C(C)C)(C(C)C)C(C)C. The van der Waals surface area contributed by atoms with Crippen molar-refractivity contribution in [2.24, 2.45) is 0 Å². The molecule has 0 aliphatic carbocycles. The van der Waals surface area contributed by atoms with Crippen molar-refractivity contribution in [2.45, 2.75) is 105 Å². The van der Waals surface area contributed by atoms with E-state index in [1.807, 2.05) is 0 Å². The summed E-state index contributed by atoms with van der Waals surface area (Å²) in [5.74, 6) is 2.25. The summed E-state index contributed by atoms with van der Waals surface area (Å²) in [6.45, 7) is 21.3. The van der Waals surface area contributed by atoms with Gasteiger partial charge >= 0.3 is 0 Å². The summed E-state index contributed by atoms with van der Waals surface area (Å²) in [4.78, 5) is 0. The Hall–Kier alpha value is -1.28. The second kappa shape index (κ2) is 9.48. The van der Waals surface area contributed by atoms with E-state index in [1.54, 1.807) is 0 Å². The summed E-state index contributed by atoms with van der Waals surface area (Å²) < 4.78 is 6.70. The van der Waals surface area contributed by atoms with E-state index in [0.29, 0.717) is 16.6 Å². The molecule has 0 bridgehead atoms. The van der Waals surface area contributed by atoms with E-state index >= 15 is 0 Å². The summed E-state index contributed by atoms with van der Waals surface area (Å²) in [5, 5.41) is 0. The molecule has 1 aromatic rings. The molecule has 0 fully saturated rings. The summed E-state index contributed by atoms with van der Waals surface area (Å²) in [7, 11) is -1.69. The number of hydrogen-bond donors (Lipinski definition) is 0. The molecule has 1 nitrogen and oxygen atoms in total. The van der Waals surface area contributed by atoms with Crippen LogP contribution in [0.2, 0.25) is 16.6 Å². The van der Waals surface area contributed by atoms with E-state index in [0.717, 1.165) is 25.0 Å². The highest BCUT2D eigenvalue weighted by Gasteiger charge is 2.42. The van der Waals surface area contributed by atoms with Crippen LogP contribution in [0.15, 0.2) is 35.2 Å². The average molecular weight is 399 g/mol. The first-order valence-corrected chi connectivity index (χ1v) is 13.7. The molecule has 0 saturated carbocycles. The molecule has 0 amide bonds. The third-order valence-corrected chi connectivity index (χ3v) is 13.5. The van der Waals surface area contributed by atoms with Gasteiger partial charge in [-0.15, -0.1) is 0 Å². The van der Waals surface area contributed by atoms with Crippen LogP contribution >= 0.6 is 0 Å². The highest BCUT2D eigenvalue weighted by atomic mass is 28.3. The molecule has 0 spiro atoms. The second-order valence-electron chi connectivity index (χ2n) is 9.53. The lowest BCUT2D eigenvalue weighted by atomic mass is 9.89. The lowest BCUT2D eigenvalue weighted by Gasteiger charge is -2.42. The quantitative estimate of drug-likeness (QED) is 0.397. The Kier molecular flexibility index (Phi) is 7.78. The monoisotopic (exact) mass is 398 g/mol. The molecule has 0 unspecified atom stereocenters. The summed E-state index contributed by atoms with van der Waals surface area (Å²) >= 11 is 0. The van der Waals surface area contributed by atoms with Gasteiger partial charge in [0, 0.05) is 5.56 Å². The molecule has 156 valence electrons. The first-order chi connectivity index (χ1) is 13.2. The minimum absolute atomic E-state index is 0.694. The van der Waals surface area contributed by atoms with E-state index in [4.69, 9.17) is 4.74 Å². The van der Waals surface area contributed by atoms with Gasteiger partial charge in [0.25, 0.3) is 0 Å². The zero-order valence-corrected chi connectivity index (χ0v) is 20.8. The maximum absolute atomic E-state index is 6.70. The fourth-order valence-corrected chi connectivity index (χ4v) is 11.0. The van der Waals surface area contributed by atoms with Gasteiger partial charge < -0.3 is 4.74 Å². The van der Waals surface area contributed by atoms with Crippen molar-refractivity contribution in [2.75, 3.05) is 0 Å². The highest BCUT2D eigenvalue weighted by molar-refractivity contribution is 6.88. The summed E-state index contributed by atoms with van der Waals surface area (Å²) in [6, 6.07) is 6.73.